The third-order valence-electron chi connectivity index (χ3n) is 2.78. The number of hydrogen-bond acceptors (Lipinski definition) is 2. The SMILES string of the molecule is C=CCC(C)C(C)Nc1cccnc1C. The molecule has 15 heavy (non-hydrogen) atoms. The number of nitrogens with zero attached hydrogens (tertiary/aromatic N) is 1. The first-order valence-corrected chi connectivity index (χ1v) is 5.44. The average Bonchev–Trinajstić information content (AvgIpc) is 2.21. The second-order valence-electron chi connectivity index (χ2n) is 4.07. The van der Waals surface area contributed by atoms with Gasteiger partial charge in [-0.3, -0.25) is 4.98 Å². The molecule has 0 aliphatic carbocycles. The quantitative estimate of drug-likeness (QED) is 0.743. The van der Waals surface area contributed by atoms with Crippen LogP contribution in [-0.4, -0.2) is 11.0 Å². The molecule has 2 unspecified atom stereocenters. The van der Waals surface area contributed by atoms with Crippen LogP contribution in [-0.2, 0) is 0 Å². The first-order valence-electron chi connectivity index (χ1n) is 5.44. The molecule has 2 heteroatoms. The van der Waals surface area contributed by atoms with Crippen molar-refractivity contribution in [2.45, 2.75) is 33.2 Å². The minimum absolute atomic E-state index is 0.436. The van der Waals surface area contributed by atoms with Crippen molar-refractivity contribution in [1.29, 1.82) is 0 Å². The topological polar surface area (TPSA) is 24.9 Å². The Morgan fingerprint density at radius 1 is 1.53 bits per heavy atom. The zero-order valence-electron chi connectivity index (χ0n) is 9.83. The lowest BCUT2D eigenvalue weighted by atomic mass is 9.99. The second-order valence-corrected chi connectivity index (χ2v) is 4.07. The maximum Gasteiger partial charge on any atom is 0.0603 e. The van der Waals surface area contributed by atoms with Crippen LogP contribution in [0.4, 0.5) is 5.69 Å². The van der Waals surface area contributed by atoms with Crippen LogP contribution in [0.1, 0.15) is 26.0 Å². The lowest BCUT2D eigenvalue weighted by Crippen LogP contribution is -2.23. The molecule has 1 aromatic rings. The number of rotatable bonds is 5. The zero-order valence-corrected chi connectivity index (χ0v) is 9.83. The van der Waals surface area contributed by atoms with Gasteiger partial charge in [-0.05, 0) is 38.3 Å². The molecule has 2 atom stereocenters. The average molecular weight is 204 g/mol. The van der Waals surface area contributed by atoms with Gasteiger partial charge >= 0.3 is 0 Å². The predicted molar refractivity (Wildman–Crippen MR) is 66.0 cm³/mol. The molecule has 1 rings (SSSR count). The highest BCUT2D eigenvalue weighted by atomic mass is 14.9. The van der Waals surface area contributed by atoms with Crippen molar-refractivity contribution in [3.8, 4) is 0 Å². The Bertz CT molecular complexity index is 320. The lowest BCUT2D eigenvalue weighted by Gasteiger charge is -2.21. The van der Waals surface area contributed by atoms with Crippen LogP contribution >= 0.6 is 0 Å². The van der Waals surface area contributed by atoms with Crippen LogP contribution in [0.5, 0.6) is 0 Å². The van der Waals surface area contributed by atoms with Crippen LogP contribution < -0.4 is 5.32 Å². The third-order valence-corrected chi connectivity index (χ3v) is 2.78. The number of pyridine rings is 1. The molecule has 0 radical (unpaired) electrons. The maximum absolute atomic E-state index is 4.25. The molecule has 0 spiro atoms. The van der Waals surface area contributed by atoms with Gasteiger partial charge in [0, 0.05) is 12.2 Å². The number of aryl methyl sites for hydroxylation is 1. The van der Waals surface area contributed by atoms with Gasteiger partial charge in [0.15, 0.2) is 0 Å². The fourth-order valence-electron chi connectivity index (χ4n) is 1.49. The zero-order chi connectivity index (χ0) is 11.3. The summed E-state index contributed by atoms with van der Waals surface area (Å²) in [5, 5.41) is 3.48. The maximum atomic E-state index is 4.25. The molecular formula is C13H20N2. The molecule has 0 amide bonds. The Hall–Kier alpha value is -1.31. The molecule has 82 valence electrons. The van der Waals surface area contributed by atoms with E-state index in [4.69, 9.17) is 0 Å². The smallest absolute Gasteiger partial charge is 0.0603 e. The highest BCUT2D eigenvalue weighted by Crippen LogP contribution is 2.17. The summed E-state index contributed by atoms with van der Waals surface area (Å²) in [7, 11) is 0. The highest BCUT2D eigenvalue weighted by Gasteiger charge is 2.11. The molecule has 0 saturated heterocycles. The van der Waals surface area contributed by atoms with Crippen molar-refractivity contribution in [3.63, 3.8) is 0 Å². The molecule has 0 aliphatic rings. The van der Waals surface area contributed by atoms with E-state index >= 15 is 0 Å². The number of anilines is 1. The van der Waals surface area contributed by atoms with E-state index < -0.39 is 0 Å². The van der Waals surface area contributed by atoms with Gasteiger partial charge in [0.05, 0.1) is 11.4 Å². The summed E-state index contributed by atoms with van der Waals surface area (Å²) in [6.07, 6.45) is 4.82. The van der Waals surface area contributed by atoms with Crippen LogP contribution in [0, 0.1) is 12.8 Å². The minimum atomic E-state index is 0.436. The molecule has 1 heterocycles. The van der Waals surface area contributed by atoms with E-state index in [2.05, 4.69) is 36.8 Å². The summed E-state index contributed by atoms with van der Waals surface area (Å²) < 4.78 is 0. The summed E-state index contributed by atoms with van der Waals surface area (Å²) in [4.78, 5) is 4.25. The molecule has 0 aliphatic heterocycles. The molecule has 2 nitrogen and oxygen atoms in total. The van der Waals surface area contributed by atoms with Crippen molar-refractivity contribution in [1.82, 2.24) is 4.98 Å². The van der Waals surface area contributed by atoms with Gasteiger partial charge in [-0.15, -0.1) is 6.58 Å². The summed E-state index contributed by atoms with van der Waals surface area (Å²) in [6, 6.07) is 4.46. The van der Waals surface area contributed by atoms with E-state index in [1.54, 1.807) is 0 Å². The third kappa shape index (κ3) is 3.39. The molecular weight excluding hydrogens is 184 g/mol. The normalized spacial score (nSPS) is 14.3. The summed E-state index contributed by atoms with van der Waals surface area (Å²) in [5.41, 5.74) is 2.18. The number of nitrogens with one attached hydrogen (secondary N) is 1. The van der Waals surface area contributed by atoms with E-state index in [1.807, 2.05) is 25.3 Å². The van der Waals surface area contributed by atoms with Gasteiger partial charge in [-0.2, -0.15) is 0 Å². The fraction of sp³-hybridized carbons (Fsp3) is 0.462. The van der Waals surface area contributed by atoms with Crippen LogP contribution in [0.15, 0.2) is 31.0 Å². The Morgan fingerprint density at radius 2 is 2.27 bits per heavy atom. The van der Waals surface area contributed by atoms with Crippen molar-refractivity contribution < 1.29 is 0 Å². The molecule has 0 fully saturated rings. The van der Waals surface area contributed by atoms with Crippen LogP contribution in [0.2, 0.25) is 0 Å². The Labute approximate surface area is 92.4 Å². The molecule has 1 N–H and O–H groups in total. The van der Waals surface area contributed by atoms with Crippen molar-refractivity contribution in [2.24, 2.45) is 5.92 Å². The summed E-state index contributed by atoms with van der Waals surface area (Å²) >= 11 is 0. The molecule has 0 aromatic carbocycles. The number of aromatic nitrogens is 1. The van der Waals surface area contributed by atoms with Gasteiger partial charge in [0.25, 0.3) is 0 Å². The van der Waals surface area contributed by atoms with Crippen LogP contribution in [0.3, 0.4) is 0 Å². The highest BCUT2D eigenvalue weighted by molar-refractivity contribution is 5.47. The van der Waals surface area contributed by atoms with E-state index in [1.165, 1.54) is 0 Å². The Kier molecular flexibility index (Phi) is 4.35. The fourth-order valence-corrected chi connectivity index (χ4v) is 1.49. The first-order chi connectivity index (χ1) is 7.15. The van der Waals surface area contributed by atoms with E-state index in [9.17, 15) is 0 Å². The van der Waals surface area contributed by atoms with Crippen molar-refractivity contribution in [3.05, 3.63) is 36.7 Å². The van der Waals surface area contributed by atoms with Crippen LogP contribution in [0.25, 0.3) is 0 Å². The van der Waals surface area contributed by atoms with E-state index in [-0.39, 0.29) is 0 Å². The Balaban J connectivity index is 2.61. The largest absolute Gasteiger partial charge is 0.381 e. The van der Waals surface area contributed by atoms with E-state index in [0.29, 0.717) is 12.0 Å². The first kappa shape index (κ1) is 11.8. The van der Waals surface area contributed by atoms with Crippen molar-refractivity contribution >= 4 is 5.69 Å². The van der Waals surface area contributed by atoms with Gasteiger partial charge in [-0.1, -0.05) is 13.0 Å². The van der Waals surface area contributed by atoms with Crippen molar-refractivity contribution in [2.75, 3.05) is 5.32 Å². The lowest BCUT2D eigenvalue weighted by molar-refractivity contribution is 0.517. The van der Waals surface area contributed by atoms with Gasteiger partial charge in [-0.25, -0.2) is 0 Å². The standard InChI is InChI=1S/C13H20N2/c1-5-7-10(2)11(3)15-13-8-6-9-14-12(13)4/h5-6,8-11,15H,1,7H2,2-4H3. The summed E-state index contributed by atoms with van der Waals surface area (Å²) in [5.74, 6) is 0.585. The molecule has 1 aromatic heterocycles. The van der Waals surface area contributed by atoms with E-state index in [0.717, 1.165) is 17.8 Å². The molecule has 0 saturated carbocycles. The number of hydrogen-bond donors (Lipinski definition) is 1. The minimum Gasteiger partial charge on any atom is -0.381 e. The monoisotopic (exact) mass is 204 g/mol. The second kappa shape index (κ2) is 5.54. The molecule has 0 bridgehead atoms. The Morgan fingerprint density at radius 3 is 2.87 bits per heavy atom. The van der Waals surface area contributed by atoms with Gasteiger partial charge in [0.1, 0.15) is 0 Å². The van der Waals surface area contributed by atoms with Gasteiger partial charge < -0.3 is 5.32 Å². The number of allylic oxidation sites excluding steroid dienone is 1. The van der Waals surface area contributed by atoms with Gasteiger partial charge in [0.2, 0.25) is 0 Å². The summed E-state index contributed by atoms with van der Waals surface area (Å²) in [6.45, 7) is 10.2. The predicted octanol–water partition coefficient (Wildman–Crippen LogP) is 3.40.